The Labute approximate surface area is 109 Å². The maximum atomic E-state index is 6.26. The molecule has 3 heteroatoms. The number of aryl methyl sites for hydroxylation is 1. The Kier molecular flexibility index (Phi) is 3.82. The average molecular weight is 243 g/mol. The van der Waals surface area contributed by atoms with Crippen LogP contribution in [0.4, 0.5) is 0 Å². The first-order valence-electron chi connectivity index (χ1n) is 6.49. The molecule has 1 heterocycles. The summed E-state index contributed by atoms with van der Waals surface area (Å²) in [6.07, 6.45) is 3.87. The normalized spacial score (nSPS) is 12.9. The van der Waals surface area contributed by atoms with Gasteiger partial charge in [0.15, 0.2) is 0 Å². The van der Waals surface area contributed by atoms with E-state index in [0.29, 0.717) is 5.92 Å². The van der Waals surface area contributed by atoms with Gasteiger partial charge in [0.2, 0.25) is 0 Å². The van der Waals surface area contributed by atoms with Crippen molar-refractivity contribution in [1.82, 2.24) is 9.78 Å². The Morgan fingerprint density at radius 1 is 1.11 bits per heavy atom. The molecule has 96 valence electrons. The van der Waals surface area contributed by atoms with Gasteiger partial charge in [-0.3, -0.25) is 4.68 Å². The Hall–Kier alpha value is -1.61. The van der Waals surface area contributed by atoms with Crippen molar-refractivity contribution in [1.29, 1.82) is 0 Å². The smallest absolute Gasteiger partial charge is 0.0582 e. The third-order valence-corrected chi connectivity index (χ3v) is 3.30. The summed E-state index contributed by atoms with van der Waals surface area (Å²) < 4.78 is 1.90. The molecule has 1 aromatic heterocycles. The number of nitrogens with two attached hydrogens (primary N) is 1. The second-order valence-electron chi connectivity index (χ2n) is 4.93. The van der Waals surface area contributed by atoms with Crippen LogP contribution in [0.1, 0.15) is 49.4 Å². The first-order valence-corrected chi connectivity index (χ1v) is 6.49. The van der Waals surface area contributed by atoms with Gasteiger partial charge < -0.3 is 5.73 Å². The highest BCUT2D eigenvalue weighted by Gasteiger charge is 2.11. The monoisotopic (exact) mass is 243 g/mol. The zero-order valence-electron chi connectivity index (χ0n) is 11.3. The minimum Gasteiger partial charge on any atom is -0.320 e. The molecule has 1 aromatic carbocycles. The van der Waals surface area contributed by atoms with Crippen LogP contribution < -0.4 is 5.73 Å². The van der Waals surface area contributed by atoms with E-state index >= 15 is 0 Å². The van der Waals surface area contributed by atoms with E-state index < -0.39 is 0 Å². The van der Waals surface area contributed by atoms with E-state index in [1.165, 1.54) is 5.56 Å². The van der Waals surface area contributed by atoms with Crippen molar-refractivity contribution < 1.29 is 0 Å². The predicted molar refractivity (Wildman–Crippen MR) is 74.5 cm³/mol. The lowest BCUT2D eigenvalue weighted by molar-refractivity contribution is 0.658. The van der Waals surface area contributed by atoms with Crippen molar-refractivity contribution >= 4 is 0 Å². The van der Waals surface area contributed by atoms with E-state index in [9.17, 15) is 0 Å². The Bertz CT molecular complexity index is 497. The molecule has 0 bridgehead atoms. The molecule has 0 saturated carbocycles. The van der Waals surface area contributed by atoms with Gasteiger partial charge >= 0.3 is 0 Å². The summed E-state index contributed by atoms with van der Waals surface area (Å²) >= 11 is 0. The van der Waals surface area contributed by atoms with E-state index in [-0.39, 0.29) is 6.04 Å². The van der Waals surface area contributed by atoms with E-state index in [0.717, 1.165) is 17.7 Å². The molecule has 1 unspecified atom stereocenters. The van der Waals surface area contributed by atoms with Crippen LogP contribution in [0.2, 0.25) is 0 Å². The van der Waals surface area contributed by atoms with Gasteiger partial charge in [0.05, 0.1) is 12.2 Å². The lowest BCUT2D eigenvalue weighted by atomic mass is 9.97. The number of hydrogen-bond donors (Lipinski definition) is 1. The van der Waals surface area contributed by atoms with E-state index in [2.05, 4.69) is 50.1 Å². The molecule has 0 radical (unpaired) electrons. The van der Waals surface area contributed by atoms with Crippen molar-refractivity contribution in [2.75, 3.05) is 0 Å². The topological polar surface area (TPSA) is 43.8 Å². The van der Waals surface area contributed by atoms with Crippen LogP contribution in [-0.4, -0.2) is 9.78 Å². The minimum atomic E-state index is -0.0912. The molecule has 0 fully saturated rings. The maximum absolute atomic E-state index is 6.26. The largest absolute Gasteiger partial charge is 0.320 e. The molecule has 0 aliphatic carbocycles. The van der Waals surface area contributed by atoms with Crippen LogP contribution in [0.15, 0.2) is 36.7 Å². The van der Waals surface area contributed by atoms with Gasteiger partial charge in [-0.1, -0.05) is 38.1 Å². The molecule has 1 atom stereocenters. The van der Waals surface area contributed by atoms with Crippen molar-refractivity contribution in [3.8, 4) is 0 Å². The molecule has 0 aliphatic heterocycles. The Morgan fingerprint density at radius 2 is 1.72 bits per heavy atom. The molecule has 0 amide bonds. The summed E-state index contributed by atoms with van der Waals surface area (Å²) in [5.41, 5.74) is 9.80. The van der Waals surface area contributed by atoms with E-state index in [4.69, 9.17) is 5.73 Å². The molecular formula is C15H21N3. The zero-order chi connectivity index (χ0) is 13.1. The van der Waals surface area contributed by atoms with Crippen LogP contribution >= 0.6 is 0 Å². The van der Waals surface area contributed by atoms with Crippen LogP contribution in [-0.2, 0) is 6.54 Å². The van der Waals surface area contributed by atoms with Crippen molar-refractivity contribution in [2.45, 2.75) is 39.3 Å². The van der Waals surface area contributed by atoms with Gasteiger partial charge in [0.1, 0.15) is 0 Å². The second kappa shape index (κ2) is 5.36. The molecular weight excluding hydrogens is 222 g/mol. The standard InChI is InChI=1S/C15H21N3/c1-4-18-10-14(9-17-18)15(16)13-7-5-12(6-8-13)11(2)3/h5-11,15H,4,16H2,1-3H3. The van der Waals surface area contributed by atoms with Gasteiger partial charge in [0, 0.05) is 18.3 Å². The lowest BCUT2D eigenvalue weighted by Gasteiger charge is -2.12. The van der Waals surface area contributed by atoms with Crippen LogP contribution in [0, 0.1) is 0 Å². The van der Waals surface area contributed by atoms with Crippen LogP contribution in [0.25, 0.3) is 0 Å². The molecule has 0 aliphatic rings. The second-order valence-corrected chi connectivity index (χ2v) is 4.93. The summed E-state index contributed by atoms with van der Waals surface area (Å²) in [5.74, 6) is 0.554. The van der Waals surface area contributed by atoms with Crippen LogP contribution in [0.5, 0.6) is 0 Å². The molecule has 3 nitrogen and oxygen atoms in total. The summed E-state index contributed by atoms with van der Waals surface area (Å²) in [7, 11) is 0. The minimum absolute atomic E-state index is 0.0912. The van der Waals surface area contributed by atoms with Gasteiger partial charge in [-0.25, -0.2) is 0 Å². The summed E-state index contributed by atoms with van der Waals surface area (Å²) in [6, 6.07) is 8.45. The number of benzene rings is 1. The third-order valence-electron chi connectivity index (χ3n) is 3.30. The fraction of sp³-hybridized carbons (Fsp3) is 0.400. The summed E-state index contributed by atoms with van der Waals surface area (Å²) in [5, 5.41) is 4.26. The van der Waals surface area contributed by atoms with Crippen molar-refractivity contribution in [3.05, 3.63) is 53.3 Å². The zero-order valence-corrected chi connectivity index (χ0v) is 11.3. The molecule has 18 heavy (non-hydrogen) atoms. The molecule has 0 saturated heterocycles. The Balaban J connectivity index is 2.20. The Morgan fingerprint density at radius 3 is 2.22 bits per heavy atom. The maximum Gasteiger partial charge on any atom is 0.0582 e. The lowest BCUT2D eigenvalue weighted by Crippen LogP contribution is -2.11. The fourth-order valence-electron chi connectivity index (χ4n) is 1.99. The quantitative estimate of drug-likeness (QED) is 0.896. The van der Waals surface area contributed by atoms with Crippen molar-refractivity contribution in [3.63, 3.8) is 0 Å². The third kappa shape index (κ3) is 2.62. The summed E-state index contributed by atoms with van der Waals surface area (Å²) in [4.78, 5) is 0. The number of aromatic nitrogens is 2. The highest BCUT2D eigenvalue weighted by Crippen LogP contribution is 2.21. The van der Waals surface area contributed by atoms with Crippen LogP contribution in [0.3, 0.4) is 0 Å². The number of nitrogens with zero attached hydrogens (tertiary/aromatic N) is 2. The SMILES string of the molecule is CCn1cc(C(N)c2ccc(C(C)C)cc2)cn1. The van der Waals surface area contributed by atoms with E-state index in [1.54, 1.807) is 0 Å². The number of rotatable bonds is 4. The predicted octanol–water partition coefficient (Wildman–Crippen LogP) is 3.07. The molecule has 2 rings (SSSR count). The number of hydrogen-bond acceptors (Lipinski definition) is 2. The molecule has 2 N–H and O–H groups in total. The highest BCUT2D eigenvalue weighted by atomic mass is 15.3. The van der Waals surface area contributed by atoms with Gasteiger partial charge in [-0.2, -0.15) is 5.10 Å². The summed E-state index contributed by atoms with van der Waals surface area (Å²) in [6.45, 7) is 7.33. The molecule has 0 spiro atoms. The fourth-order valence-corrected chi connectivity index (χ4v) is 1.99. The molecule has 2 aromatic rings. The van der Waals surface area contributed by atoms with Gasteiger partial charge in [-0.15, -0.1) is 0 Å². The van der Waals surface area contributed by atoms with Crippen molar-refractivity contribution in [2.24, 2.45) is 5.73 Å². The van der Waals surface area contributed by atoms with Gasteiger partial charge in [-0.05, 0) is 24.0 Å². The average Bonchev–Trinajstić information content (AvgIpc) is 2.86. The first kappa shape index (κ1) is 12.8. The van der Waals surface area contributed by atoms with E-state index in [1.807, 2.05) is 17.1 Å². The highest BCUT2D eigenvalue weighted by molar-refractivity contribution is 5.32. The first-order chi connectivity index (χ1) is 8.61. The van der Waals surface area contributed by atoms with Gasteiger partial charge in [0.25, 0.3) is 0 Å².